The van der Waals surface area contributed by atoms with Crippen molar-refractivity contribution in [1.82, 2.24) is 0 Å². The maximum absolute atomic E-state index is 12.0. The summed E-state index contributed by atoms with van der Waals surface area (Å²) < 4.78 is 0. The van der Waals surface area contributed by atoms with E-state index in [1.807, 2.05) is 12.2 Å². The molecule has 0 N–H and O–H groups in total. The Morgan fingerprint density at radius 3 is 2.00 bits per heavy atom. The third-order valence-corrected chi connectivity index (χ3v) is 6.58. The topological polar surface area (TPSA) is 17.1 Å². The summed E-state index contributed by atoms with van der Waals surface area (Å²) in [4.78, 5) is 14.4. The summed E-state index contributed by atoms with van der Waals surface area (Å²) in [6, 6.07) is 0. The molecule has 0 radical (unpaired) electrons. The number of Topliss-reactive ketones (excluding diaryl/α,β-unsaturated/α-hetero) is 1. The van der Waals surface area contributed by atoms with Gasteiger partial charge in [-0.1, -0.05) is 24.3 Å². The molecule has 82 valence electrons. The van der Waals surface area contributed by atoms with E-state index >= 15 is 0 Å². The third kappa shape index (κ3) is 1.64. The monoisotopic (exact) mass is 248 g/mol. The molecule has 0 atom stereocenters. The summed E-state index contributed by atoms with van der Waals surface area (Å²) in [5.74, 6) is 0.357. The van der Waals surface area contributed by atoms with E-state index in [0.717, 1.165) is 11.3 Å². The van der Waals surface area contributed by atoms with Gasteiger partial charge in [0, 0.05) is 11.3 Å². The van der Waals surface area contributed by atoms with Crippen molar-refractivity contribution in [2.24, 2.45) is 0 Å². The first-order chi connectivity index (χ1) is 7.86. The van der Waals surface area contributed by atoms with Gasteiger partial charge in [-0.25, -0.2) is 0 Å². The lowest BCUT2D eigenvalue weighted by molar-refractivity contribution is -0.112. The first-order valence-corrected chi connectivity index (χ1v) is 7.96. The Balaban J connectivity index is 2.18. The van der Waals surface area contributed by atoms with Crippen LogP contribution in [0.5, 0.6) is 0 Å². The molecule has 1 nitrogen and oxygen atoms in total. The highest BCUT2D eigenvalue weighted by Crippen LogP contribution is 2.35. The fraction of sp³-hybridized carbons (Fsp3) is 0.154. The minimum atomic E-state index is -0.0506. The average molecular weight is 248 g/mol. The fourth-order valence-electron chi connectivity index (χ4n) is 2.01. The molecule has 0 amide bonds. The van der Waals surface area contributed by atoms with Crippen molar-refractivity contribution in [2.45, 2.75) is 12.8 Å². The summed E-state index contributed by atoms with van der Waals surface area (Å²) >= 11 is 0. The minimum absolute atomic E-state index is 0.0506. The normalized spacial score (nSPS) is 24.6. The molecule has 2 aliphatic heterocycles. The second kappa shape index (κ2) is 4.15. The number of carbonyl (C=O) groups excluding carboxylic acids is 1. The zero-order valence-corrected chi connectivity index (χ0v) is 10.4. The van der Waals surface area contributed by atoms with Gasteiger partial charge < -0.3 is 0 Å². The number of allylic oxidation sites excluding steroid dienone is 4. The molecule has 0 unspecified atom stereocenters. The summed E-state index contributed by atoms with van der Waals surface area (Å²) in [5, 5.41) is 8.71. The van der Waals surface area contributed by atoms with Crippen molar-refractivity contribution in [3.63, 3.8) is 0 Å². The van der Waals surface area contributed by atoms with E-state index in [-0.39, 0.29) is 21.0 Å². The quantitative estimate of drug-likeness (QED) is 0.601. The molecule has 16 heavy (non-hydrogen) atoms. The number of hydrogen-bond acceptors (Lipinski definition) is 1. The largest absolute Gasteiger partial charge is 0.294 e. The van der Waals surface area contributed by atoms with E-state index in [4.69, 9.17) is 0 Å². The summed E-state index contributed by atoms with van der Waals surface area (Å²) in [6.07, 6.45) is 9.92. The molecule has 0 bridgehead atoms. The van der Waals surface area contributed by atoms with Gasteiger partial charge in [0.05, 0.1) is 4.86 Å². The number of carbonyl (C=O) groups is 1. The van der Waals surface area contributed by atoms with Crippen molar-refractivity contribution < 1.29 is 4.79 Å². The molecule has 0 spiro atoms. The van der Waals surface area contributed by atoms with Gasteiger partial charge in [0.1, 0.15) is 0 Å². The molecule has 0 aromatic heterocycles. The first kappa shape index (κ1) is 10.2. The predicted octanol–water partition coefficient (Wildman–Crippen LogP) is 3.31. The molecule has 0 aromatic rings. The van der Waals surface area contributed by atoms with Crippen LogP contribution >= 0.6 is 21.0 Å². The fourth-order valence-corrected chi connectivity index (χ4v) is 5.80. The summed E-state index contributed by atoms with van der Waals surface area (Å²) in [5.41, 5.74) is 0. The molecule has 2 heterocycles. The third-order valence-electron chi connectivity index (χ3n) is 2.73. The Hall–Kier alpha value is -0.930. The standard InChI is InChI=1S/C13H12OS2/c14-11-5-6-12(15-7-1-2-8-15)13(11)16-9-3-4-10-16/h1-4,7-10H,5-6H2. The van der Waals surface area contributed by atoms with Crippen LogP contribution in [0.4, 0.5) is 0 Å². The minimum Gasteiger partial charge on any atom is -0.294 e. The Morgan fingerprint density at radius 2 is 1.38 bits per heavy atom. The van der Waals surface area contributed by atoms with E-state index in [0.29, 0.717) is 12.2 Å². The Bertz CT molecular complexity index is 514. The van der Waals surface area contributed by atoms with Crippen molar-refractivity contribution in [2.75, 3.05) is 0 Å². The molecule has 3 rings (SSSR count). The predicted molar refractivity (Wildman–Crippen MR) is 76.0 cm³/mol. The van der Waals surface area contributed by atoms with E-state index < -0.39 is 0 Å². The maximum Gasteiger partial charge on any atom is 0.170 e. The lowest BCUT2D eigenvalue weighted by atomic mass is 10.3. The Kier molecular flexibility index (Phi) is 2.65. The Labute approximate surface area is 100 Å². The van der Waals surface area contributed by atoms with E-state index in [1.54, 1.807) is 0 Å². The molecule has 3 heteroatoms. The molecule has 1 saturated carbocycles. The molecule has 1 fully saturated rings. The molecule has 1 aliphatic carbocycles. The van der Waals surface area contributed by atoms with Gasteiger partial charge in [-0.05, 0) is 28.1 Å². The van der Waals surface area contributed by atoms with Gasteiger partial charge in [-0.2, -0.15) is 0 Å². The van der Waals surface area contributed by atoms with Crippen molar-refractivity contribution in [3.8, 4) is 0 Å². The molecule has 0 aromatic carbocycles. The SMILES string of the molecule is O=C1CCC(=S2C=CC=C2)C1=S1C=CC=C1. The van der Waals surface area contributed by atoms with Gasteiger partial charge in [-0.15, -0.1) is 21.0 Å². The van der Waals surface area contributed by atoms with Crippen LogP contribution in [0.15, 0.2) is 45.9 Å². The van der Waals surface area contributed by atoms with E-state index in [1.165, 1.54) is 4.86 Å². The van der Waals surface area contributed by atoms with Gasteiger partial charge in [0.25, 0.3) is 0 Å². The summed E-state index contributed by atoms with van der Waals surface area (Å²) in [6.45, 7) is 0. The van der Waals surface area contributed by atoms with Gasteiger partial charge in [0.2, 0.25) is 0 Å². The van der Waals surface area contributed by atoms with Gasteiger partial charge in [-0.3, -0.25) is 4.79 Å². The molecule has 0 saturated heterocycles. The first-order valence-electron chi connectivity index (χ1n) is 5.26. The van der Waals surface area contributed by atoms with Gasteiger partial charge in [0.15, 0.2) is 5.78 Å². The zero-order chi connectivity index (χ0) is 11.0. The van der Waals surface area contributed by atoms with Crippen LogP contribution in [0.2, 0.25) is 0 Å². The highest BCUT2D eigenvalue weighted by atomic mass is 32.2. The van der Waals surface area contributed by atoms with E-state index in [9.17, 15) is 4.79 Å². The van der Waals surface area contributed by atoms with Gasteiger partial charge >= 0.3 is 0 Å². The van der Waals surface area contributed by atoms with Crippen LogP contribution in [-0.2, 0) is 4.79 Å². The molecular formula is C13H12OS2. The van der Waals surface area contributed by atoms with Crippen LogP contribution in [0.3, 0.4) is 0 Å². The van der Waals surface area contributed by atoms with E-state index in [2.05, 4.69) is 33.8 Å². The lowest BCUT2D eigenvalue weighted by Gasteiger charge is -2.06. The number of rotatable bonds is 0. The number of ketones is 1. The molecule has 3 aliphatic rings. The summed E-state index contributed by atoms with van der Waals surface area (Å²) in [7, 11) is 0.0368. The second-order valence-electron chi connectivity index (χ2n) is 3.73. The maximum atomic E-state index is 12.0. The Morgan fingerprint density at radius 1 is 0.812 bits per heavy atom. The highest BCUT2D eigenvalue weighted by Gasteiger charge is 2.27. The zero-order valence-electron chi connectivity index (χ0n) is 8.76. The van der Waals surface area contributed by atoms with Crippen LogP contribution in [-0.4, -0.2) is 15.5 Å². The van der Waals surface area contributed by atoms with Crippen LogP contribution in [0, 0.1) is 0 Å². The van der Waals surface area contributed by atoms with Crippen molar-refractivity contribution >= 4 is 36.5 Å². The lowest BCUT2D eigenvalue weighted by Crippen LogP contribution is -2.12. The average Bonchev–Trinajstić information content (AvgIpc) is 2.96. The van der Waals surface area contributed by atoms with Crippen molar-refractivity contribution in [1.29, 1.82) is 0 Å². The molecular weight excluding hydrogens is 236 g/mol. The number of hydrogen-bond donors (Lipinski definition) is 0. The van der Waals surface area contributed by atoms with Crippen molar-refractivity contribution in [3.05, 3.63) is 45.9 Å². The second-order valence-corrected chi connectivity index (χ2v) is 7.21. The highest BCUT2D eigenvalue weighted by molar-refractivity contribution is 8.28. The smallest absolute Gasteiger partial charge is 0.170 e. The van der Waals surface area contributed by atoms with Crippen LogP contribution in [0.1, 0.15) is 12.8 Å². The van der Waals surface area contributed by atoms with Crippen LogP contribution < -0.4 is 0 Å². The van der Waals surface area contributed by atoms with Crippen LogP contribution in [0.25, 0.3) is 0 Å².